The minimum Gasteiger partial charge on any atom is -0.282 e. The van der Waals surface area contributed by atoms with Crippen molar-refractivity contribution in [2.24, 2.45) is 0 Å². The van der Waals surface area contributed by atoms with E-state index in [0.29, 0.717) is 0 Å². The molecule has 0 spiro atoms. The fraction of sp³-hybridized carbons (Fsp3) is 0.231. The number of aryl methyl sites for hydroxylation is 2. The van der Waals surface area contributed by atoms with Crippen LogP contribution in [-0.4, -0.2) is 13.0 Å². The number of benzene rings is 2. The number of hydrogen-bond donors (Lipinski definition) is 1. The molecule has 4 heteroatoms. The molecule has 2 aromatic rings. The van der Waals surface area contributed by atoms with Crippen LogP contribution in [0.2, 0.25) is 0 Å². The maximum Gasteiger partial charge on any atom is 0.294 e. The lowest BCUT2D eigenvalue weighted by Gasteiger charge is -2.08. The average molecular weight is 250 g/mol. The molecule has 0 bridgehead atoms. The number of fused-ring (bicyclic) bond motifs is 1. The van der Waals surface area contributed by atoms with Gasteiger partial charge in [0, 0.05) is 0 Å². The van der Waals surface area contributed by atoms with Crippen molar-refractivity contribution in [2.45, 2.75) is 25.2 Å². The molecule has 2 rings (SSSR count). The Hall–Kier alpha value is -1.39. The molecule has 0 aromatic heterocycles. The molecule has 0 saturated carbocycles. The van der Waals surface area contributed by atoms with Crippen LogP contribution in [0.5, 0.6) is 0 Å². The standard InChI is InChI=1S/C13H14O3S/c1-3-10-4-5-11-6-7-12(17(14,15)16)8-13(11)9(10)2/h4-8H,3H2,1-2H3,(H,14,15,16). The first-order valence-electron chi connectivity index (χ1n) is 5.43. The lowest BCUT2D eigenvalue weighted by atomic mass is 9.99. The van der Waals surface area contributed by atoms with Crippen LogP contribution in [0.25, 0.3) is 10.8 Å². The fourth-order valence-corrected chi connectivity index (χ4v) is 2.54. The summed E-state index contributed by atoms with van der Waals surface area (Å²) in [6.45, 7) is 4.02. The Morgan fingerprint density at radius 3 is 2.41 bits per heavy atom. The second-order valence-electron chi connectivity index (χ2n) is 4.06. The second-order valence-corrected chi connectivity index (χ2v) is 5.48. The molecule has 17 heavy (non-hydrogen) atoms. The highest BCUT2D eigenvalue weighted by Crippen LogP contribution is 2.25. The van der Waals surface area contributed by atoms with E-state index < -0.39 is 10.1 Å². The summed E-state index contributed by atoms with van der Waals surface area (Å²) < 4.78 is 31.2. The zero-order valence-corrected chi connectivity index (χ0v) is 10.6. The lowest BCUT2D eigenvalue weighted by molar-refractivity contribution is 0.483. The Morgan fingerprint density at radius 1 is 1.18 bits per heavy atom. The maximum atomic E-state index is 11.1. The second kappa shape index (κ2) is 4.13. The van der Waals surface area contributed by atoms with Gasteiger partial charge in [0.1, 0.15) is 0 Å². The monoisotopic (exact) mass is 250 g/mol. The van der Waals surface area contributed by atoms with Crippen LogP contribution in [0.1, 0.15) is 18.1 Å². The van der Waals surface area contributed by atoms with E-state index in [4.69, 9.17) is 4.55 Å². The van der Waals surface area contributed by atoms with Gasteiger partial charge in [-0.15, -0.1) is 0 Å². The summed E-state index contributed by atoms with van der Waals surface area (Å²) in [5.41, 5.74) is 2.25. The molecule has 0 aliphatic heterocycles. The van der Waals surface area contributed by atoms with E-state index >= 15 is 0 Å². The fourth-order valence-electron chi connectivity index (χ4n) is 2.04. The smallest absolute Gasteiger partial charge is 0.282 e. The molecular weight excluding hydrogens is 236 g/mol. The van der Waals surface area contributed by atoms with E-state index in [1.807, 2.05) is 19.1 Å². The predicted octanol–water partition coefficient (Wildman–Crippen LogP) is 2.96. The molecule has 0 radical (unpaired) electrons. The zero-order chi connectivity index (χ0) is 12.6. The van der Waals surface area contributed by atoms with Gasteiger partial charge in [-0.05, 0) is 47.4 Å². The number of rotatable bonds is 2. The van der Waals surface area contributed by atoms with E-state index in [-0.39, 0.29) is 4.90 Å². The molecule has 0 amide bonds. The SMILES string of the molecule is CCc1ccc2ccc(S(=O)(=O)O)cc2c1C. The summed E-state index contributed by atoms with van der Waals surface area (Å²) in [5.74, 6) is 0. The van der Waals surface area contributed by atoms with E-state index in [9.17, 15) is 8.42 Å². The van der Waals surface area contributed by atoms with Crippen molar-refractivity contribution in [1.82, 2.24) is 0 Å². The van der Waals surface area contributed by atoms with Gasteiger partial charge in [-0.1, -0.05) is 25.1 Å². The van der Waals surface area contributed by atoms with Gasteiger partial charge in [0.2, 0.25) is 0 Å². The van der Waals surface area contributed by atoms with Gasteiger partial charge in [0.05, 0.1) is 4.90 Å². The largest absolute Gasteiger partial charge is 0.294 e. The Balaban J connectivity index is 2.79. The van der Waals surface area contributed by atoms with Gasteiger partial charge in [-0.2, -0.15) is 8.42 Å². The molecule has 0 saturated heterocycles. The molecular formula is C13H14O3S. The Bertz CT molecular complexity index is 672. The summed E-state index contributed by atoms with van der Waals surface area (Å²) in [5, 5.41) is 1.85. The molecule has 0 atom stereocenters. The predicted molar refractivity (Wildman–Crippen MR) is 67.9 cm³/mol. The maximum absolute atomic E-state index is 11.1. The lowest BCUT2D eigenvalue weighted by Crippen LogP contribution is -1.98. The van der Waals surface area contributed by atoms with Gasteiger partial charge in [0.25, 0.3) is 10.1 Å². The third kappa shape index (κ3) is 2.18. The highest BCUT2D eigenvalue weighted by molar-refractivity contribution is 7.85. The van der Waals surface area contributed by atoms with Crippen molar-refractivity contribution < 1.29 is 13.0 Å². The molecule has 90 valence electrons. The normalized spacial score (nSPS) is 11.9. The van der Waals surface area contributed by atoms with E-state index in [1.165, 1.54) is 17.7 Å². The van der Waals surface area contributed by atoms with E-state index in [2.05, 4.69) is 6.92 Å². The van der Waals surface area contributed by atoms with Gasteiger partial charge in [0.15, 0.2) is 0 Å². The summed E-state index contributed by atoms with van der Waals surface area (Å²) in [6, 6.07) is 8.67. The zero-order valence-electron chi connectivity index (χ0n) is 9.77. The Morgan fingerprint density at radius 2 is 1.82 bits per heavy atom. The first kappa shape index (κ1) is 12.1. The summed E-state index contributed by atoms with van der Waals surface area (Å²) >= 11 is 0. The average Bonchev–Trinajstić information content (AvgIpc) is 2.28. The van der Waals surface area contributed by atoms with Crippen molar-refractivity contribution in [1.29, 1.82) is 0 Å². The van der Waals surface area contributed by atoms with Crippen molar-refractivity contribution in [2.75, 3.05) is 0 Å². The van der Waals surface area contributed by atoms with Crippen molar-refractivity contribution in [3.05, 3.63) is 41.5 Å². The Kier molecular flexibility index (Phi) is 2.93. The Labute approximate surface area is 101 Å². The summed E-state index contributed by atoms with van der Waals surface area (Å²) in [7, 11) is -4.13. The molecule has 0 heterocycles. The van der Waals surface area contributed by atoms with Crippen molar-refractivity contribution >= 4 is 20.9 Å². The van der Waals surface area contributed by atoms with Crippen LogP contribution >= 0.6 is 0 Å². The van der Waals surface area contributed by atoms with Gasteiger partial charge < -0.3 is 0 Å². The number of hydrogen-bond acceptors (Lipinski definition) is 2. The summed E-state index contributed by atoms with van der Waals surface area (Å²) in [6.07, 6.45) is 0.901. The van der Waals surface area contributed by atoms with Crippen molar-refractivity contribution in [3.8, 4) is 0 Å². The third-order valence-electron chi connectivity index (χ3n) is 3.05. The van der Waals surface area contributed by atoms with Crippen LogP contribution in [0.15, 0.2) is 35.2 Å². The van der Waals surface area contributed by atoms with Crippen LogP contribution in [0.4, 0.5) is 0 Å². The molecule has 2 aromatic carbocycles. The first-order valence-corrected chi connectivity index (χ1v) is 6.87. The minimum atomic E-state index is -4.13. The van der Waals surface area contributed by atoms with E-state index in [0.717, 1.165) is 22.8 Å². The molecule has 0 unspecified atom stereocenters. The molecule has 0 fully saturated rings. The van der Waals surface area contributed by atoms with Crippen LogP contribution in [-0.2, 0) is 16.5 Å². The van der Waals surface area contributed by atoms with Gasteiger partial charge >= 0.3 is 0 Å². The third-order valence-corrected chi connectivity index (χ3v) is 3.90. The van der Waals surface area contributed by atoms with Crippen LogP contribution in [0.3, 0.4) is 0 Å². The van der Waals surface area contributed by atoms with Gasteiger partial charge in [-0.25, -0.2) is 0 Å². The quantitative estimate of drug-likeness (QED) is 0.834. The van der Waals surface area contributed by atoms with Crippen molar-refractivity contribution in [3.63, 3.8) is 0 Å². The molecule has 0 aliphatic rings. The minimum absolute atomic E-state index is 0.0543. The van der Waals surface area contributed by atoms with Crippen LogP contribution in [0, 0.1) is 6.92 Å². The summed E-state index contributed by atoms with van der Waals surface area (Å²) in [4.78, 5) is -0.0543. The highest BCUT2D eigenvalue weighted by atomic mass is 32.2. The van der Waals surface area contributed by atoms with Crippen LogP contribution < -0.4 is 0 Å². The molecule has 1 N–H and O–H groups in total. The van der Waals surface area contributed by atoms with Gasteiger partial charge in [-0.3, -0.25) is 4.55 Å². The van der Waals surface area contributed by atoms with E-state index in [1.54, 1.807) is 6.07 Å². The highest BCUT2D eigenvalue weighted by Gasteiger charge is 2.11. The first-order chi connectivity index (χ1) is 7.93. The molecule has 0 aliphatic carbocycles. The topological polar surface area (TPSA) is 54.4 Å². The molecule has 3 nitrogen and oxygen atoms in total.